The van der Waals surface area contributed by atoms with Crippen LogP contribution >= 0.6 is 23.4 Å². The van der Waals surface area contributed by atoms with E-state index in [0.29, 0.717) is 28.1 Å². The summed E-state index contributed by atoms with van der Waals surface area (Å²) in [6.45, 7) is 8.03. The van der Waals surface area contributed by atoms with Crippen molar-refractivity contribution in [1.29, 1.82) is 0 Å². The Bertz CT molecular complexity index is 1100. The van der Waals surface area contributed by atoms with Crippen LogP contribution in [0.25, 0.3) is 0 Å². The van der Waals surface area contributed by atoms with Crippen LogP contribution in [-0.2, 0) is 11.3 Å². The Balaban J connectivity index is 1.63. The highest BCUT2D eigenvalue weighted by Gasteiger charge is 2.21. The van der Waals surface area contributed by atoms with Crippen LogP contribution in [0.15, 0.2) is 72.4 Å². The van der Waals surface area contributed by atoms with Gasteiger partial charge in [0.15, 0.2) is 11.0 Å². The lowest BCUT2D eigenvalue weighted by atomic mass is 10.1. The van der Waals surface area contributed by atoms with Gasteiger partial charge in [-0.1, -0.05) is 59.8 Å². The molecule has 0 saturated heterocycles. The fraction of sp³-hybridized carbons (Fsp3) is 0.250. The smallest absolute Gasteiger partial charge is 0.251 e. The van der Waals surface area contributed by atoms with Crippen molar-refractivity contribution >= 4 is 35.2 Å². The molecule has 0 aliphatic carbocycles. The maximum absolute atomic E-state index is 12.6. The minimum Gasteiger partial charge on any atom is -0.349 e. The lowest BCUT2D eigenvalue weighted by Gasteiger charge is -2.16. The number of carbonyl (C=O) groups is 2. The number of benzene rings is 2. The van der Waals surface area contributed by atoms with E-state index in [0.717, 1.165) is 5.56 Å². The van der Waals surface area contributed by atoms with Gasteiger partial charge in [0.1, 0.15) is 0 Å². The van der Waals surface area contributed by atoms with E-state index in [1.807, 2.05) is 48.7 Å². The Morgan fingerprint density at radius 3 is 2.42 bits per heavy atom. The molecule has 0 unspecified atom stereocenters. The summed E-state index contributed by atoms with van der Waals surface area (Å²) >= 11 is 7.18. The number of halogens is 1. The van der Waals surface area contributed by atoms with Crippen LogP contribution in [0, 0.1) is 0 Å². The second-order valence-electron chi connectivity index (χ2n) is 7.43. The van der Waals surface area contributed by atoms with Crippen LogP contribution in [0.1, 0.15) is 47.7 Å². The van der Waals surface area contributed by atoms with Crippen molar-refractivity contribution in [2.45, 2.75) is 37.6 Å². The van der Waals surface area contributed by atoms with Gasteiger partial charge in [0.2, 0.25) is 5.91 Å². The van der Waals surface area contributed by atoms with Gasteiger partial charge in [-0.05, 0) is 43.7 Å². The SMILES string of the molecule is C=CCn1c(SCC(=O)N[C@@H](C)c2ccccc2)nnc1[C@H](C)NC(=O)c1ccc(Cl)cc1. The van der Waals surface area contributed by atoms with Crippen molar-refractivity contribution in [3.63, 3.8) is 0 Å². The summed E-state index contributed by atoms with van der Waals surface area (Å²) in [5.74, 6) is 0.432. The standard InChI is InChI=1S/C24H26ClN5O2S/c1-4-14-30-22(17(3)27-23(32)19-10-12-20(25)13-11-19)28-29-24(30)33-15-21(31)26-16(2)18-8-6-5-7-9-18/h4-13,16-17H,1,14-15H2,2-3H3,(H,26,31)(H,27,32)/t16-,17-/m0/s1. The van der Waals surface area contributed by atoms with Gasteiger partial charge in [-0.25, -0.2) is 0 Å². The molecule has 0 aliphatic rings. The van der Waals surface area contributed by atoms with Crippen LogP contribution < -0.4 is 10.6 Å². The Kier molecular flexibility index (Phi) is 8.68. The molecule has 0 saturated carbocycles. The van der Waals surface area contributed by atoms with Crippen LogP contribution in [0.3, 0.4) is 0 Å². The number of allylic oxidation sites excluding steroid dienone is 1. The van der Waals surface area contributed by atoms with Crippen molar-refractivity contribution in [3.8, 4) is 0 Å². The number of hydrogen-bond donors (Lipinski definition) is 2. The first-order chi connectivity index (χ1) is 15.9. The van der Waals surface area contributed by atoms with Crippen molar-refractivity contribution in [1.82, 2.24) is 25.4 Å². The molecule has 3 aromatic rings. The molecule has 3 rings (SSSR count). The summed E-state index contributed by atoms with van der Waals surface area (Å²) in [5.41, 5.74) is 1.54. The molecule has 2 aromatic carbocycles. The van der Waals surface area contributed by atoms with E-state index in [2.05, 4.69) is 27.4 Å². The van der Waals surface area contributed by atoms with Crippen LogP contribution in [0.2, 0.25) is 5.02 Å². The Hall–Kier alpha value is -3.10. The molecule has 172 valence electrons. The molecule has 0 fully saturated rings. The van der Waals surface area contributed by atoms with Gasteiger partial charge in [0.05, 0.1) is 17.8 Å². The van der Waals surface area contributed by atoms with Gasteiger partial charge < -0.3 is 15.2 Å². The average Bonchev–Trinajstić information content (AvgIpc) is 3.21. The summed E-state index contributed by atoms with van der Waals surface area (Å²) < 4.78 is 1.85. The van der Waals surface area contributed by atoms with E-state index >= 15 is 0 Å². The van der Waals surface area contributed by atoms with Crippen LogP contribution in [0.4, 0.5) is 0 Å². The zero-order chi connectivity index (χ0) is 23.8. The lowest BCUT2D eigenvalue weighted by molar-refractivity contribution is -0.119. The molecule has 7 nitrogen and oxygen atoms in total. The summed E-state index contributed by atoms with van der Waals surface area (Å²) in [4.78, 5) is 25.0. The summed E-state index contributed by atoms with van der Waals surface area (Å²) in [5, 5.41) is 15.6. The minimum atomic E-state index is -0.401. The summed E-state index contributed by atoms with van der Waals surface area (Å²) in [6.07, 6.45) is 1.72. The van der Waals surface area contributed by atoms with Crippen LogP contribution in [0.5, 0.6) is 0 Å². The predicted octanol–water partition coefficient (Wildman–Crippen LogP) is 4.58. The van der Waals surface area contributed by atoms with E-state index in [-0.39, 0.29) is 23.6 Å². The summed E-state index contributed by atoms with van der Waals surface area (Å²) in [6, 6.07) is 15.9. The van der Waals surface area contributed by atoms with Crippen molar-refractivity contribution in [3.05, 3.63) is 89.2 Å². The molecule has 0 bridgehead atoms. The van der Waals surface area contributed by atoms with E-state index in [4.69, 9.17) is 11.6 Å². The topological polar surface area (TPSA) is 88.9 Å². The molecule has 1 heterocycles. The summed E-state index contributed by atoms with van der Waals surface area (Å²) in [7, 11) is 0. The second-order valence-corrected chi connectivity index (χ2v) is 8.81. The third-order valence-electron chi connectivity index (χ3n) is 4.91. The van der Waals surface area contributed by atoms with E-state index in [9.17, 15) is 9.59 Å². The number of nitrogens with zero attached hydrogens (tertiary/aromatic N) is 3. The Morgan fingerprint density at radius 2 is 1.76 bits per heavy atom. The van der Waals surface area contributed by atoms with Gasteiger partial charge in [0.25, 0.3) is 5.91 Å². The molecule has 0 aliphatic heterocycles. The number of carbonyl (C=O) groups excluding carboxylic acids is 2. The first kappa shape index (κ1) is 24.5. The van der Waals surface area contributed by atoms with Crippen LogP contribution in [-0.4, -0.2) is 32.3 Å². The number of aromatic nitrogens is 3. The fourth-order valence-electron chi connectivity index (χ4n) is 3.21. The minimum absolute atomic E-state index is 0.0935. The Labute approximate surface area is 202 Å². The van der Waals surface area contributed by atoms with Gasteiger partial charge in [0, 0.05) is 17.1 Å². The van der Waals surface area contributed by atoms with Gasteiger partial charge in [-0.15, -0.1) is 16.8 Å². The average molecular weight is 484 g/mol. The second kappa shape index (κ2) is 11.7. The fourth-order valence-corrected chi connectivity index (χ4v) is 4.10. The highest BCUT2D eigenvalue weighted by Crippen LogP contribution is 2.22. The molecule has 0 radical (unpaired) electrons. The molecule has 2 N–H and O–H groups in total. The monoisotopic (exact) mass is 483 g/mol. The van der Waals surface area contributed by atoms with Crippen molar-refractivity contribution < 1.29 is 9.59 Å². The molecular formula is C24H26ClN5O2S. The third-order valence-corrected chi connectivity index (χ3v) is 6.13. The normalized spacial score (nSPS) is 12.6. The largest absolute Gasteiger partial charge is 0.349 e. The molecule has 33 heavy (non-hydrogen) atoms. The molecule has 1 aromatic heterocycles. The first-order valence-electron chi connectivity index (χ1n) is 10.5. The lowest BCUT2D eigenvalue weighted by Crippen LogP contribution is -2.29. The number of rotatable bonds is 10. The van der Waals surface area contributed by atoms with Gasteiger partial charge in [-0.3, -0.25) is 9.59 Å². The third kappa shape index (κ3) is 6.69. The molecule has 2 amide bonds. The van der Waals surface area contributed by atoms with E-state index in [1.54, 1.807) is 30.3 Å². The molecular weight excluding hydrogens is 458 g/mol. The van der Waals surface area contributed by atoms with E-state index in [1.165, 1.54) is 11.8 Å². The molecule has 9 heteroatoms. The molecule has 0 spiro atoms. The maximum atomic E-state index is 12.6. The molecule has 2 atom stereocenters. The maximum Gasteiger partial charge on any atom is 0.251 e. The van der Waals surface area contributed by atoms with E-state index < -0.39 is 6.04 Å². The van der Waals surface area contributed by atoms with Gasteiger partial charge >= 0.3 is 0 Å². The number of hydrogen-bond acceptors (Lipinski definition) is 5. The number of thioether (sulfide) groups is 1. The quantitative estimate of drug-likeness (QED) is 0.325. The highest BCUT2D eigenvalue weighted by atomic mass is 35.5. The Morgan fingerprint density at radius 1 is 1.06 bits per heavy atom. The predicted molar refractivity (Wildman–Crippen MR) is 131 cm³/mol. The number of amides is 2. The van der Waals surface area contributed by atoms with Crippen molar-refractivity contribution in [2.75, 3.05) is 5.75 Å². The zero-order valence-corrected chi connectivity index (χ0v) is 20.1. The highest BCUT2D eigenvalue weighted by molar-refractivity contribution is 7.99. The zero-order valence-electron chi connectivity index (χ0n) is 18.5. The van der Waals surface area contributed by atoms with Crippen molar-refractivity contribution in [2.24, 2.45) is 0 Å². The number of nitrogens with one attached hydrogen (secondary N) is 2. The van der Waals surface area contributed by atoms with Gasteiger partial charge in [-0.2, -0.15) is 0 Å². The first-order valence-corrected chi connectivity index (χ1v) is 11.8.